The molecule has 5 heteroatoms. The summed E-state index contributed by atoms with van der Waals surface area (Å²) in [5.74, 6) is -2.13. The lowest BCUT2D eigenvalue weighted by Crippen LogP contribution is -2.37. The summed E-state index contributed by atoms with van der Waals surface area (Å²) in [6.07, 6.45) is 0.549. The van der Waals surface area contributed by atoms with Gasteiger partial charge in [-0.2, -0.15) is 0 Å². The van der Waals surface area contributed by atoms with Gasteiger partial charge in [0.25, 0.3) is 0 Å². The van der Waals surface area contributed by atoms with Gasteiger partial charge in [-0.25, -0.2) is 0 Å². The second-order valence-corrected chi connectivity index (χ2v) is 3.33. The van der Waals surface area contributed by atoms with Crippen LogP contribution in [0.2, 0.25) is 0 Å². The number of carboxylic acids is 2. The maximum absolute atomic E-state index is 10.6. The van der Waals surface area contributed by atoms with Crippen LogP contribution in [0.4, 0.5) is 0 Å². The number of hydrogen-bond acceptors (Lipinski definition) is 3. The Morgan fingerprint density at radius 2 is 2.08 bits per heavy atom. The van der Waals surface area contributed by atoms with Crippen LogP contribution in [0.3, 0.4) is 0 Å². The smallest absolute Gasteiger partial charge is 0.320 e. The van der Waals surface area contributed by atoms with E-state index < -0.39 is 23.9 Å². The zero-order valence-electron chi connectivity index (χ0n) is 7.43. The van der Waals surface area contributed by atoms with Gasteiger partial charge >= 0.3 is 11.9 Å². The van der Waals surface area contributed by atoms with E-state index >= 15 is 0 Å². The molecule has 1 rings (SSSR count). The first-order chi connectivity index (χ1) is 6.02. The van der Waals surface area contributed by atoms with Crippen molar-refractivity contribution in [3.8, 4) is 0 Å². The third kappa shape index (κ3) is 2.18. The second-order valence-electron chi connectivity index (χ2n) is 3.33. The quantitative estimate of drug-likeness (QED) is 0.643. The topological polar surface area (TPSA) is 77.8 Å². The predicted molar refractivity (Wildman–Crippen MR) is 44.4 cm³/mol. The zero-order chi connectivity index (χ0) is 10.0. The lowest BCUT2D eigenvalue weighted by Gasteiger charge is -2.19. The summed E-state index contributed by atoms with van der Waals surface area (Å²) >= 11 is 0. The highest BCUT2D eigenvalue weighted by atomic mass is 16.4. The molecule has 0 bridgehead atoms. The van der Waals surface area contributed by atoms with Crippen molar-refractivity contribution in [2.24, 2.45) is 5.92 Å². The minimum atomic E-state index is -0.897. The molecule has 2 unspecified atom stereocenters. The number of carbonyl (C=O) groups is 2. The number of aliphatic carboxylic acids is 2. The fraction of sp³-hybridized carbons (Fsp3) is 0.750. The summed E-state index contributed by atoms with van der Waals surface area (Å²) in [4.78, 5) is 22.8. The van der Waals surface area contributed by atoms with Gasteiger partial charge < -0.3 is 10.2 Å². The molecule has 2 atom stereocenters. The van der Waals surface area contributed by atoms with Crippen LogP contribution in [0, 0.1) is 5.92 Å². The van der Waals surface area contributed by atoms with Gasteiger partial charge in [0.05, 0.1) is 5.92 Å². The molecular weight excluding hydrogens is 174 g/mol. The van der Waals surface area contributed by atoms with E-state index in [1.807, 2.05) is 0 Å². The van der Waals surface area contributed by atoms with E-state index in [-0.39, 0.29) is 0 Å². The van der Waals surface area contributed by atoms with Crippen LogP contribution in [0.1, 0.15) is 13.3 Å². The number of nitrogens with zero attached hydrogens (tertiary/aromatic N) is 1. The molecule has 1 heterocycles. The van der Waals surface area contributed by atoms with Gasteiger partial charge in [0, 0.05) is 6.54 Å². The van der Waals surface area contributed by atoms with E-state index in [1.165, 1.54) is 0 Å². The van der Waals surface area contributed by atoms with E-state index in [0.29, 0.717) is 19.5 Å². The van der Waals surface area contributed by atoms with Crippen LogP contribution in [0.25, 0.3) is 0 Å². The number of hydrogen-bond donors (Lipinski definition) is 2. The number of likely N-dealkylation sites (tertiary alicyclic amines) is 1. The van der Waals surface area contributed by atoms with Crippen molar-refractivity contribution in [2.75, 3.05) is 13.1 Å². The predicted octanol–water partition coefficient (Wildman–Crippen LogP) is -0.134. The van der Waals surface area contributed by atoms with Gasteiger partial charge in [-0.15, -0.1) is 0 Å². The summed E-state index contributed by atoms with van der Waals surface area (Å²) in [6.45, 7) is 2.49. The highest BCUT2D eigenvalue weighted by Gasteiger charge is 2.32. The lowest BCUT2D eigenvalue weighted by molar-refractivity contribution is -0.144. The Balaban J connectivity index is 2.49. The van der Waals surface area contributed by atoms with Crippen molar-refractivity contribution in [1.29, 1.82) is 0 Å². The molecule has 1 fully saturated rings. The van der Waals surface area contributed by atoms with Crippen molar-refractivity contribution >= 4 is 11.9 Å². The van der Waals surface area contributed by atoms with Gasteiger partial charge in [0.15, 0.2) is 0 Å². The zero-order valence-corrected chi connectivity index (χ0v) is 7.43. The number of rotatable bonds is 3. The van der Waals surface area contributed by atoms with Crippen LogP contribution in [-0.4, -0.2) is 46.2 Å². The van der Waals surface area contributed by atoms with Gasteiger partial charge in [0.1, 0.15) is 6.04 Å². The van der Waals surface area contributed by atoms with Crippen LogP contribution in [0.5, 0.6) is 0 Å². The minimum absolute atomic E-state index is 0.350. The molecular formula is C8H13NO4. The Morgan fingerprint density at radius 3 is 2.46 bits per heavy atom. The maximum atomic E-state index is 10.6. The maximum Gasteiger partial charge on any atom is 0.320 e. The highest BCUT2D eigenvalue weighted by Crippen LogP contribution is 2.18. The molecule has 0 aliphatic carbocycles. The molecule has 5 nitrogen and oxygen atoms in total. The average Bonchev–Trinajstić information content (AvgIpc) is 2.50. The Bertz CT molecular complexity index is 228. The lowest BCUT2D eigenvalue weighted by atomic mass is 10.1. The van der Waals surface area contributed by atoms with Crippen LogP contribution in [0.15, 0.2) is 0 Å². The Hall–Kier alpha value is -1.10. The average molecular weight is 187 g/mol. The van der Waals surface area contributed by atoms with E-state index in [4.69, 9.17) is 10.2 Å². The normalized spacial score (nSPS) is 25.8. The van der Waals surface area contributed by atoms with E-state index in [9.17, 15) is 9.59 Å². The summed E-state index contributed by atoms with van der Waals surface area (Å²) < 4.78 is 0. The summed E-state index contributed by atoms with van der Waals surface area (Å²) in [7, 11) is 0. The van der Waals surface area contributed by atoms with Gasteiger partial charge in [-0.05, 0) is 19.9 Å². The molecule has 74 valence electrons. The SMILES string of the molecule is CC(C(=O)O)N1CCC(C(=O)O)C1. The highest BCUT2D eigenvalue weighted by molar-refractivity contribution is 5.74. The van der Waals surface area contributed by atoms with E-state index in [0.717, 1.165) is 0 Å². The standard InChI is InChI=1S/C8H13NO4/c1-5(7(10)11)9-3-2-6(4-9)8(12)13/h5-6H,2-4H2,1H3,(H,10,11)(H,12,13). The Labute approximate surface area is 76.0 Å². The Morgan fingerprint density at radius 1 is 1.46 bits per heavy atom. The second kappa shape index (κ2) is 3.74. The van der Waals surface area contributed by atoms with Crippen molar-refractivity contribution in [2.45, 2.75) is 19.4 Å². The van der Waals surface area contributed by atoms with E-state index in [1.54, 1.807) is 11.8 Å². The molecule has 0 radical (unpaired) electrons. The molecule has 0 amide bonds. The van der Waals surface area contributed by atoms with Crippen molar-refractivity contribution in [1.82, 2.24) is 4.90 Å². The first kappa shape index (κ1) is 9.98. The van der Waals surface area contributed by atoms with Gasteiger partial charge in [-0.1, -0.05) is 0 Å². The molecule has 2 N–H and O–H groups in total. The van der Waals surface area contributed by atoms with Gasteiger partial charge in [-0.3, -0.25) is 14.5 Å². The summed E-state index contributed by atoms with van der Waals surface area (Å²) in [5.41, 5.74) is 0. The molecule has 0 aromatic heterocycles. The van der Waals surface area contributed by atoms with Gasteiger partial charge in [0.2, 0.25) is 0 Å². The fourth-order valence-electron chi connectivity index (χ4n) is 1.50. The monoisotopic (exact) mass is 187 g/mol. The molecule has 1 aliphatic rings. The number of carboxylic acid groups (broad SMARTS) is 2. The molecule has 1 aliphatic heterocycles. The van der Waals surface area contributed by atoms with Crippen molar-refractivity contribution < 1.29 is 19.8 Å². The van der Waals surface area contributed by atoms with Crippen LogP contribution >= 0.6 is 0 Å². The molecule has 0 saturated carbocycles. The van der Waals surface area contributed by atoms with Crippen LogP contribution in [-0.2, 0) is 9.59 Å². The first-order valence-electron chi connectivity index (χ1n) is 4.22. The van der Waals surface area contributed by atoms with E-state index in [2.05, 4.69) is 0 Å². The molecule has 1 saturated heterocycles. The van der Waals surface area contributed by atoms with Crippen LogP contribution < -0.4 is 0 Å². The third-order valence-corrected chi connectivity index (χ3v) is 2.47. The molecule has 0 aromatic carbocycles. The fourth-order valence-corrected chi connectivity index (χ4v) is 1.50. The van der Waals surface area contributed by atoms with Crippen molar-refractivity contribution in [3.63, 3.8) is 0 Å². The summed E-state index contributed by atoms with van der Waals surface area (Å²) in [6, 6.07) is -0.579. The van der Waals surface area contributed by atoms with Crippen molar-refractivity contribution in [3.05, 3.63) is 0 Å². The summed E-state index contributed by atoms with van der Waals surface area (Å²) in [5, 5.41) is 17.4. The minimum Gasteiger partial charge on any atom is -0.481 e. The Kier molecular flexibility index (Phi) is 2.87. The molecule has 0 spiro atoms. The molecule has 13 heavy (non-hydrogen) atoms. The third-order valence-electron chi connectivity index (χ3n) is 2.47. The largest absolute Gasteiger partial charge is 0.481 e. The first-order valence-corrected chi connectivity index (χ1v) is 4.22. The molecule has 0 aromatic rings.